The Balaban J connectivity index is 2.24. The van der Waals surface area contributed by atoms with E-state index in [4.69, 9.17) is 9.47 Å². The minimum absolute atomic E-state index is 0.654. The van der Waals surface area contributed by atoms with Crippen LogP contribution in [0.25, 0.3) is 0 Å². The summed E-state index contributed by atoms with van der Waals surface area (Å²) in [6.45, 7) is 2.22. The van der Waals surface area contributed by atoms with Crippen molar-refractivity contribution in [3.8, 4) is 11.5 Å². The van der Waals surface area contributed by atoms with Crippen molar-refractivity contribution in [3.63, 3.8) is 0 Å². The van der Waals surface area contributed by atoms with E-state index in [9.17, 15) is 0 Å². The number of rotatable bonds is 2. The van der Waals surface area contributed by atoms with Crippen molar-refractivity contribution in [2.24, 2.45) is 0 Å². The molecule has 0 aliphatic carbocycles. The summed E-state index contributed by atoms with van der Waals surface area (Å²) in [5.74, 6) is 1.73. The molecule has 0 fully saturated rings. The second kappa shape index (κ2) is 3.66. The third-order valence-electron chi connectivity index (χ3n) is 2.07. The van der Waals surface area contributed by atoms with E-state index >= 15 is 0 Å². The van der Waals surface area contributed by atoms with Crippen molar-refractivity contribution >= 4 is 0 Å². The van der Waals surface area contributed by atoms with Crippen LogP contribution in [0.5, 0.6) is 11.5 Å². The Bertz CT molecular complexity index is 299. The Morgan fingerprint density at radius 3 is 2.69 bits per heavy atom. The highest BCUT2D eigenvalue weighted by atomic mass is 16.6. The van der Waals surface area contributed by atoms with Crippen LogP contribution in [0.15, 0.2) is 18.2 Å². The summed E-state index contributed by atoms with van der Waals surface area (Å²) in [7, 11) is 0. The molecule has 0 aromatic heterocycles. The highest BCUT2D eigenvalue weighted by molar-refractivity contribution is 5.43. The molecule has 0 spiro atoms. The van der Waals surface area contributed by atoms with Gasteiger partial charge in [0.25, 0.3) is 0 Å². The number of fused-ring (bicyclic) bond motifs is 1. The van der Waals surface area contributed by atoms with Gasteiger partial charge in [-0.25, -0.2) is 0 Å². The largest absolute Gasteiger partial charge is 0.486 e. The van der Waals surface area contributed by atoms with Crippen molar-refractivity contribution in [2.75, 3.05) is 19.8 Å². The fourth-order valence-electron chi connectivity index (χ4n) is 1.45. The van der Waals surface area contributed by atoms with E-state index in [1.54, 1.807) is 0 Å². The first kappa shape index (κ1) is 8.38. The lowest BCUT2D eigenvalue weighted by atomic mass is 10.1. The number of benzene rings is 1. The Morgan fingerprint density at radius 1 is 1.15 bits per heavy atom. The maximum atomic E-state index is 5.47. The third kappa shape index (κ3) is 1.75. The van der Waals surface area contributed by atoms with Gasteiger partial charge in [-0.1, -0.05) is 6.07 Å². The number of hydrogen-bond acceptors (Lipinski definition) is 2. The average Bonchev–Trinajstić information content (AvgIpc) is 2.18. The molecule has 0 amide bonds. The minimum Gasteiger partial charge on any atom is -0.486 e. The quantitative estimate of drug-likeness (QED) is 0.708. The SMILES string of the molecule is [NH3+]CCc1ccc2c(c1)OCCO2. The molecule has 0 atom stereocenters. The van der Waals surface area contributed by atoms with Gasteiger partial charge in [0.2, 0.25) is 0 Å². The molecule has 1 heterocycles. The standard InChI is InChI=1S/C10H13NO2/c11-4-3-8-1-2-9-10(7-8)13-6-5-12-9/h1-2,7H,3-6,11H2/p+1. The highest BCUT2D eigenvalue weighted by Gasteiger charge is 2.11. The van der Waals surface area contributed by atoms with Gasteiger partial charge < -0.3 is 15.2 Å². The highest BCUT2D eigenvalue weighted by Crippen LogP contribution is 2.30. The zero-order valence-electron chi connectivity index (χ0n) is 7.58. The lowest BCUT2D eigenvalue weighted by Crippen LogP contribution is -2.51. The number of hydrogen-bond donors (Lipinski definition) is 1. The smallest absolute Gasteiger partial charge is 0.161 e. The van der Waals surface area contributed by atoms with Crippen molar-refractivity contribution in [1.29, 1.82) is 0 Å². The maximum absolute atomic E-state index is 5.47. The minimum atomic E-state index is 0.654. The Kier molecular flexibility index (Phi) is 2.36. The van der Waals surface area contributed by atoms with E-state index in [1.807, 2.05) is 12.1 Å². The summed E-state index contributed by atoms with van der Waals surface area (Å²) in [6.07, 6.45) is 0.997. The molecule has 0 radical (unpaired) electrons. The van der Waals surface area contributed by atoms with Crippen LogP contribution >= 0.6 is 0 Å². The molecule has 3 N–H and O–H groups in total. The molecule has 1 aliphatic heterocycles. The van der Waals surface area contributed by atoms with Gasteiger partial charge in [-0.05, 0) is 17.7 Å². The number of quaternary nitrogens is 1. The fraction of sp³-hybridized carbons (Fsp3) is 0.400. The molecule has 13 heavy (non-hydrogen) atoms. The zero-order chi connectivity index (χ0) is 9.10. The molecular weight excluding hydrogens is 166 g/mol. The summed E-state index contributed by atoms with van der Waals surface area (Å²) in [5.41, 5.74) is 5.08. The molecular formula is C10H14NO2+. The predicted octanol–water partition coefficient (Wildman–Crippen LogP) is 0.242. The third-order valence-corrected chi connectivity index (χ3v) is 2.07. The van der Waals surface area contributed by atoms with E-state index in [0.717, 1.165) is 24.5 Å². The maximum Gasteiger partial charge on any atom is 0.161 e. The molecule has 0 unspecified atom stereocenters. The molecule has 0 bridgehead atoms. The van der Waals surface area contributed by atoms with Crippen LogP contribution in [0.1, 0.15) is 5.56 Å². The molecule has 1 aliphatic rings. The monoisotopic (exact) mass is 180 g/mol. The summed E-state index contributed by atoms with van der Waals surface area (Å²) in [5, 5.41) is 0. The first-order valence-corrected chi connectivity index (χ1v) is 4.58. The Labute approximate surface area is 77.5 Å². The Hall–Kier alpha value is -1.22. The fourth-order valence-corrected chi connectivity index (χ4v) is 1.45. The van der Waals surface area contributed by atoms with Crippen molar-refractivity contribution in [3.05, 3.63) is 23.8 Å². The summed E-state index contributed by atoms with van der Waals surface area (Å²) in [4.78, 5) is 0. The van der Waals surface area contributed by atoms with Crippen LogP contribution < -0.4 is 15.2 Å². The summed E-state index contributed by atoms with van der Waals surface area (Å²) < 4.78 is 10.9. The van der Waals surface area contributed by atoms with Crippen molar-refractivity contribution in [2.45, 2.75) is 6.42 Å². The summed E-state index contributed by atoms with van der Waals surface area (Å²) in [6, 6.07) is 6.08. The van der Waals surface area contributed by atoms with Gasteiger partial charge in [-0.2, -0.15) is 0 Å². The van der Waals surface area contributed by atoms with Gasteiger partial charge in [-0.15, -0.1) is 0 Å². The van der Waals surface area contributed by atoms with Crippen LogP contribution in [-0.2, 0) is 6.42 Å². The van der Waals surface area contributed by atoms with Crippen molar-refractivity contribution < 1.29 is 15.2 Å². The molecule has 70 valence electrons. The number of ether oxygens (including phenoxy) is 2. The Morgan fingerprint density at radius 2 is 1.92 bits per heavy atom. The molecule has 0 saturated carbocycles. The molecule has 1 aromatic rings. The van der Waals surface area contributed by atoms with E-state index in [1.165, 1.54) is 5.56 Å². The molecule has 1 aromatic carbocycles. The second-order valence-corrected chi connectivity index (χ2v) is 3.08. The van der Waals surface area contributed by atoms with Crippen LogP contribution in [0, 0.1) is 0 Å². The lowest BCUT2D eigenvalue weighted by molar-refractivity contribution is -0.366. The van der Waals surface area contributed by atoms with Gasteiger partial charge in [0.05, 0.1) is 6.54 Å². The molecule has 2 rings (SSSR count). The van der Waals surface area contributed by atoms with E-state index in [-0.39, 0.29) is 0 Å². The van der Waals surface area contributed by atoms with Crippen LogP contribution in [0.3, 0.4) is 0 Å². The van der Waals surface area contributed by atoms with Gasteiger partial charge in [0, 0.05) is 6.42 Å². The first-order chi connectivity index (χ1) is 6.40. The summed E-state index contributed by atoms with van der Waals surface area (Å²) >= 11 is 0. The lowest BCUT2D eigenvalue weighted by Gasteiger charge is -2.18. The average molecular weight is 180 g/mol. The van der Waals surface area contributed by atoms with Gasteiger partial charge in [0.1, 0.15) is 13.2 Å². The van der Waals surface area contributed by atoms with Gasteiger partial charge in [0.15, 0.2) is 11.5 Å². The van der Waals surface area contributed by atoms with Crippen LogP contribution in [-0.4, -0.2) is 19.8 Å². The molecule has 3 heteroatoms. The second-order valence-electron chi connectivity index (χ2n) is 3.08. The predicted molar refractivity (Wildman–Crippen MR) is 48.9 cm³/mol. The van der Waals surface area contributed by atoms with E-state index in [0.29, 0.717) is 13.2 Å². The van der Waals surface area contributed by atoms with E-state index < -0.39 is 0 Å². The first-order valence-electron chi connectivity index (χ1n) is 4.58. The topological polar surface area (TPSA) is 46.1 Å². The zero-order valence-corrected chi connectivity index (χ0v) is 7.58. The van der Waals surface area contributed by atoms with Crippen LogP contribution in [0.2, 0.25) is 0 Å². The van der Waals surface area contributed by atoms with E-state index in [2.05, 4.69) is 11.8 Å². The van der Waals surface area contributed by atoms with Gasteiger partial charge in [-0.3, -0.25) is 0 Å². The molecule has 3 nitrogen and oxygen atoms in total. The van der Waals surface area contributed by atoms with Crippen LogP contribution in [0.4, 0.5) is 0 Å². The van der Waals surface area contributed by atoms with Crippen molar-refractivity contribution in [1.82, 2.24) is 0 Å². The normalized spacial score (nSPS) is 14.2. The van der Waals surface area contributed by atoms with Gasteiger partial charge >= 0.3 is 0 Å². The molecule has 0 saturated heterocycles.